The van der Waals surface area contributed by atoms with Gasteiger partial charge in [0.2, 0.25) is 0 Å². The molecule has 0 aliphatic carbocycles. The van der Waals surface area contributed by atoms with Crippen molar-refractivity contribution in [2.24, 2.45) is 0 Å². The van der Waals surface area contributed by atoms with E-state index in [0.29, 0.717) is 6.04 Å². The number of nitrogens with one attached hydrogen (secondary N) is 2. The fourth-order valence-corrected chi connectivity index (χ4v) is 2.69. The van der Waals surface area contributed by atoms with Crippen LogP contribution < -0.4 is 10.6 Å². The van der Waals surface area contributed by atoms with Crippen LogP contribution in [-0.4, -0.2) is 35.6 Å². The Kier molecular flexibility index (Phi) is 4.48. The summed E-state index contributed by atoms with van der Waals surface area (Å²) in [5, 5.41) is 6.86. The van der Waals surface area contributed by atoms with E-state index < -0.39 is 0 Å². The van der Waals surface area contributed by atoms with Gasteiger partial charge >= 0.3 is 0 Å². The molecule has 0 amide bonds. The third kappa shape index (κ3) is 3.60. The van der Waals surface area contributed by atoms with Crippen LogP contribution in [0.3, 0.4) is 0 Å². The Bertz CT molecular complexity index is 570. The molecule has 3 rings (SSSR count). The summed E-state index contributed by atoms with van der Waals surface area (Å²) in [5.41, 5.74) is 2.46. The maximum Gasteiger partial charge on any atom is 0.130 e. The average molecular weight is 282 g/mol. The first-order valence-corrected chi connectivity index (χ1v) is 7.53. The van der Waals surface area contributed by atoms with Gasteiger partial charge in [-0.05, 0) is 30.7 Å². The van der Waals surface area contributed by atoms with Crippen LogP contribution in [-0.2, 0) is 6.54 Å². The topological polar surface area (TPSA) is 40.2 Å². The number of pyridine rings is 1. The van der Waals surface area contributed by atoms with Gasteiger partial charge in [0, 0.05) is 44.1 Å². The zero-order chi connectivity index (χ0) is 14.5. The molecule has 2 heterocycles. The smallest absolute Gasteiger partial charge is 0.130 e. The SMILES string of the molecule is CC1CNCCN1Cc1ccccc1Nc1ccccn1. The molecule has 2 N–H and O–H groups in total. The van der Waals surface area contributed by atoms with Crippen molar-refractivity contribution >= 4 is 11.5 Å². The van der Waals surface area contributed by atoms with Gasteiger partial charge < -0.3 is 10.6 Å². The molecule has 0 radical (unpaired) electrons. The van der Waals surface area contributed by atoms with Crippen LogP contribution in [0.2, 0.25) is 0 Å². The van der Waals surface area contributed by atoms with E-state index in [1.165, 1.54) is 5.56 Å². The summed E-state index contributed by atoms with van der Waals surface area (Å²) in [7, 11) is 0. The number of para-hydroxylation sites is 1. The molecular weight excluding hydrogens is 260 g/mol. The number of benzene rings is 1. The first-order chi connectivity index (χ1) is 10.3. The molecular formula is C17H22N4. The van der Waals surface area contributed by atoms with Crippen molar-refractivity contribution < 1.29 is 0 Å². The maximum atomic E-state index is 4.34. The molecule has 1 aliphatic heterocycles. The van der Waals surface area contributed by atoms with Gasteiger partial charge in [-0.15, -0.1) is 0 Å². The second-order valence-electron chi connectivity index (χ2n) is 5.52. The molecule has 110 valence electrons. The van der Waals surface area contributed by atoms with E-state index in [1.807, 2.05) is 24.4 Å². The fraction of sp³-hybridized carbons (Fsp3) is 0.353. The van der Waals surface area contributed by atoms with Crippen molar-refractivity contribution in [1.82, 2.24) is 15.2 Å². The Morgan fingerprint density at radius 3 is 2.90 bits per heavy atom. The number of nitrogens with zero attached hydrogens (tertiary/aromatic N) is 2. The van der Waals surface area contributed by atoms with Crippen LogP contribution in [0.15, 0.2) is 48.7 Å². The third-order valence-corrected chi connectivity index (χ3v) is 3.96. The lowest BCUT2D eigenvalue weighted by Crippen LogP contribution is -2.49. The number of hydrogen-bond donors (Lipinski definition) is 2. The first kappa shape index (κ1) is 14.0. The zero-order valence-corrected chi connectivity index (χ0v) is 12.4. The van der Waals surface area contributed by atoms with Crippen molar-refractivity contribution in [2.45, 2.75) is 19.5 Å². The van der Waals surface area contributed by atoms with Crippen LogP contribution >= 0.6 is 0 Å². The van der Waals surface area contributed by atoms with Crippen molar-refractivity contribution in [3.63, 3.8) is 0 Å². The summed E-state index contributed by atoms with van der Waals surface area (Å²) in [4.78, 5) is 6.87. The lowest BCUT2D eigenvalue weighted by atomic mass is 10.1. The minimum atomic E-state index is 0.571. The third-order valence-electron chi connectivity index (χ3n) is 3.96. The molecule has 1 fully saturated rings. The van der Waals surface area contributed by atoms with E-state index in [2.05, 4.69) is 51.7 Å². The minimum absolute atomic E-state index is 0.571. The lowest BCUT2D eigenvalue weighted by molar-refractivity contribution is 0.166. The fourth-order valence-electron chi connectivity index (χ4n) is 2.69. The summed E-state index contributed by atoms with van der Waals surface area (Å²) in [6.45, 7) is 6.48. The van der Waals surface area contributed by atoms with E-state index in [1.54, 1.807) is 0 Å². The van der Waals surface area contributed by atoms with Crippen LogP contribution in [0.5, 0.6) is 0 Å². The van der Waals surface area contributed by atoms with Gasteiger partial charge in [0.05, 0.1) is 0 Å². The van der Waals surface area contributed by atoms with E-state index >= 15 is 0 Å². The van der Waals surface area contributed by atoms with Crippen LogP contribution in [0, 0.1) is 0 Å². The van der Waals surface area contributed by atoms with Gasteiger partial charge in [0.1, 0.15) is 5.82 Å². The van der Waals surface area contributed by atoms with Gasteiger partial charge in [-0.1, -0.05) is 24.3 Å². The molecule has 1 aliphatic rings. The summed E-state index contributed by atoms with van der Waals surface area (Å²) in [6.07, 6.45) is 1.81. The number of piperazine rings is 1. The molecule has 1 unspecified atom stereocenters. The molecule has 4 nitrogen and oxygen atoms in total. The molecule has 0 bridgehead atoms. The summed E-state index contributed by atoms with van der Waals surface area (Å²) < 4.78 is 0. The van der Waals surface area contributed by atoms with Gasteiger partial charge in [0.15, 0.2) is 0 Å². The highest BCUT2D eigenvalue weighted by Crippen LogP contribution is 2.22. The number of aromatic nitrogens is 1. The van der Waals surface area contributed by atoms with Gasteiger partial charge in [0.25, 0.3) is 0 Å². The Morgan fingerprint density at radius 1 is 1.24 bits per heavy atom. The van der Waals surface area contributed by atoms with Crippen molar-refractivity contribution in [3.05, 3.63) is 54.2 Å². The first-order valence-electron chi connectivity index (χ1n) is 7.53. The monoisotopic (exact) mass is 282 g/mol. The number of anilines is 2. The second kappa shape index (κ2) is 6.70. The molecule has 1 atom stereocenters. The van der Waals surface area contributed by atoms with Crippen molar-refractivity contribution in [1.29, 1.82) is 0 Å². The number of hydrogen-bond acceptors (Lipinski definition) is 4. The Labute approximate surface area is 126 Å². The normalized spacial score (nSPS) is 19.4. The maximum absolute atomic E-state index is 4.34. The van der Waals surface area contributed by atoms with Crippen LogP contribution in [0.25, 0.3) is 0 Å². The Hall–Kier alpha value is -1.91. The molecule has 2 aromatic rings. The number of rotatable bonds is 4. The molecule has 4 heteroatoms. The largest absolute Gasteiger partial charge is 0.340 e. The van der Waals surface area contributed by atoms with E-state index in [4.69, 9.17) is 0 Å². The predicted molar refractivity (Wildman–Crippen MR) is 86.7 cm³/mol. The van der Waals surface area contributed by atoms with Crippen molar-refractivity contribution in [2.75, 3.05) is 25.0 Å². The Balaban J connectivity index is 1.76. The quantitative estimate of drug-likeness (QED) is 0.904. The van der Waals surface area contributed by atoms with Gasteiger partial charge in [-0.3, -0.25) is 4.90 Å². The molecule has 0 saturated carbocycles. The average Bonchev–Trinajstić information content (AvgIpc) is 2.52. The van der Waals surface area contributed by atoms with Gasteiger partial charge in [-0.25, -0.2) is 4.98 Å². The standard InChI is InChI=1S/C17H22N4/c1-14-12-18-10-11-21(14)13-15-6-2-3-7-16(15)20-17-8-4-5-9-19-17/h2-9,14,18H,10-13H2,1H3,(H,19,20). The molecule has 1 saturated heterocycles. The molecule has 21 heavy (non-hydrogen) atoms. The van der Waals surface area contributed by atoms with Crippen LogP contribution in [0.1, 0.15) is 12.5 Å². The van der Waals surface area contributed by atoms with Crippen molar-refractivity contribution in [3.8, 4) is 0 Å². The molecule has 1 aromatic heterocycles. The highest BCUT2D eigenvalue weighted by atomic mass is 15.2. The zero-order valence-electron chi connectivity index (χ0n) is 12.4. The van der Waals surface area contributed by atoms with E-state index in [9.17, 15) is 0 Å². The Morgan fingerprint density at radius 2 is 2.10 bits per heavy atom. The van der Waals surface area contributed by atoms with Crippen LogP contribution in [0.4, 0.5) is 11.5 Å². The summed E-state index contributed by atoms with van der Waals surface area (Å²) in [6, 6.07) is 15.0. The minimum Gasteiger partial charge on any atom is -0.340 e. The highest BCUT2D eigenvalue weighted by molar-refractivity contribution is 5.60. The van der Waals surface area contributed by atoms with E-state index in [0.717, 1.165) is 37.7 Å². The summed E-state index contributed by atoms with van der Waals surface area (Å²) >= 11 is 0. The van der Waals surface area contributed by atoms with E-state index in [-0.39, 0.29) is 0 Å². The van der Waals surface area contributed by atoms with Gasteiger partial charge in [-0.2, -0.15) is 0 Å². The second-order valence-corrected chi connectivity index (χ2v) is 5.52. The predicted octanol–water partition coefficient (Wildman–Crippen LogP) is 2.62. The molecule has 1 aromatic carbocycles. The lowest BCUT2D eigenvalue weighted by Gasteiger charge is -2.34. The molecule has 0 spiro atoms. The highest BCUT2D eigenvalue weighted by Gasteiger charge is 2.18. The summed E-state index contributed by atoms with van der Waals surface area (Å²) in [5.74, 6) is 0.887.